The highest BCUT2D eigenvalue weighted by Crippen LogP contribution is 2.31. The number of aryl methyl sites for hydroxylation is 1. The summed E-state index contributed by atoms with van der Waals surface area (Å²) in [7, 11) is 0. The molecular weight excluding hydrogens is 396 g/mol. The van der Waals surface area contributed by atoms with Crippen LogP contribution in [0.5, 0.6) is 0 Å². The van der Waals surface area contributed by atoms with Gasteiger partial charge in [0.1, 0.15) is 17.0 Å². The van der Waals surface area contributed by atoms with Crippen molar-refractivity contribution in [2.24, 2.45) is 0 Å². The smallest absolute Gasteiger partial charge is 0.137 e. The van der Waals surface area contributed by atoms with E-state index in [1.54, 1.807) is 0 Å². The fraction of sp³-hybridized carbons (Fsp3) is 0.0769. The first kappa shape index (κ1) is 18.3. The van der Waals surface area contributed by atoms with Gasteiger partial charge < -0.3 is 4.98 Å². The molecule has 0 aliphatic carbocycles. The summed E-state index contributed by atoms with van der Waals surface area (Å²) in [5, 5.41) is 11.1. The number of aromatic amines is 1. The van der Waals surface area contributed by atoms with E-state index in [9.17, 15) is 0 Å². The molecule has 0 bridgehead atoms. The lowest BCUT2D eigenvalue weighted by molar-refractivity contribution is 1.00. The van der Waals surface area contributed by atoms with Crippen LogP contribution in [0.4, 0.5) is 0 Å². The molecule has 0 aliphatic heterocycles. The summed E-state index contributed by atoms with van der Waals surface area (Å²) in [6.07, 6.45) is 6.03. The maximum absolute atomic E-state index is 8.96. The van der Waals surface area contributed by atoms with Crippen molar-refractivity contribution >= 4 is 33.0 Å². The van der Waals surface area contributed by atoms with Crippen molar-refractivity contribution in [3.8, 4) is 22.9 Å². The van der Waals surface area contributed by atoms with Gasteiger partial charge in [0.15, 0.2) is 0 Å². The number of hydrogen-bond acceptors (Lipinski definition) is 4. The number of imidazole rings is 1. The molecule has 6 aromatic rings. The zero-order valence-electron chi connectivity index (χ0n) is 17.4. The number of hydrogen-bond donors (Lipinski definition) is 1. The Hall–Kier alpha value is -4.50. The quantitative estimate of drug-likeness (QED) is 0.415. The van der Waals surface area contributed by atoms with Crippen LogP contribution in [0.2, 0.25) is 0 Å². The van der Waals surface area contributed by atoms with Gasteiger partial charge in [-0.1, -0.05) is 18.2 Å². The lowest BCUT2D eigenvalue weighted by Gasteiger charge is -2.10. The summed E-state index contributed by atoms with van der Waals surface area (Å²) in [6, 6.07) is 20.8. The van der Waals surface area contributed by atoms with Crippen LogP contribution in [0.3, 0.4) is 0 Å². The molecule has 6 rings (SSSR count). The lowest BCUT2D eigenvalue weighted by atomic mass is 10.0. The Kier molecular flexibility index (Phi) is 4.02. The summed E-state index contributed by atoms with van der Waals surface area (Å²) in [5.41, 5.74) is 7.83. The van der Waals surface area contributed by atoms with Crippen molar-refractivity contribution in [1.82, 2.24) is 24.5 Å². The van der Waals surface area contributed by atoms with Crippen LogP contribution in [0.25, 0.3) is 49.8 Å². The van der Waals surface area contributed by atoms with Crippen molar-refractivity contribution < 1.29 is 0 Å². The third-order valence-corrected chi connectivity index (χ3v) is 5.86. The van der Waals surface area contributed by atoms with Crippen LogP contribution in [0.1, 0.15) is 11.4 Å². The van der Waals surface area contributed by atoms with E-state index < -0.39 is 0 Å². The van der Waals surface area contributed by atoms with Gasteiger partial charge in [-0.15, -0.1) is 0 Å². The van der Waals surface area contributed by atoms with Crippen molar-refractivity contribution in [3.05, 3.63) is 84.6 Å². The molecule has 0 radical (unpaired) electrons. The molecule has 6 nitrogen and oxygen atoms in total. The van der Waals surface area contributed by atoms with Crippen LogP contribution < -0.4 is 0 Å². The summed E-state index contributed by atoms with van der Waals surface area (Å²) in [4.78, 5) is 17.1. The highest BCUT2D eigenvalue weighted by Gasteiger charge is 2.14. The monoisotopic (exact) mass is 414 g/mol. The molecule has 0 saturated heterocycles. The fourth-order valence-corrected chi connectivity index (χ4v) is 4.32. The number of benzene rings is 2. The minimum atomic E-state index is 0.402. The second-order valence-corrected chi connectivity index (χ2v) is 7.86. The first-order valence-electron chi connectivity index (χ1n) is 10.4. The zero-order chi connectivity index (χ0) is 21.7. The molecule has 4 heterocycles. The topological polar surface area (TPSA) is 83.2 Å². The summed E-state index contributed by atoms with van der Waals surface area (Å²) in [5.74, 6) is 0.892. The summed E-state index contributed by atoms with van der Waals surface area (Å²) >= 11 is 0. The molecule has 152 valence electrons. The lowest BCUT2D eigenvalue weighted by Crippen LogP contribution is -1.98. The molecule has 32 heavy (non-hydrogen) atoms. The number of pyridine rings is 2. The first-order chi connectivity index (χ1) is 15.7. The molecule has 2 aromatic carbocycles. The van der Waals surface area contributed by atoms with Gasteiger partial charge in [0.25, 0.3) is 0 Å². The molecule has 0 fully saturated rings. The van der Waals surface area contributed by atoms with Gasteiger partial charge in [0.05, 0.1) is 29.7 Å². The number of nitriles is 1. The van der Waals surface area contributed by atoms with Crippen LogP contribution in [0, 0.1) is 18.3 Å². The van der Waals surface area contributed by atoms with Gasteiger partial charge >= 0.3 is 0 Å². The van der Waals surface area contributed by atoms with Gasteiger partial charge in [-0.2, -0.15) is 5.26 Å². The number of H-pyrrole nitrogens is 1. The largest absolute Gasteiger partial charge is 0.346 e. The maximum atomic E-state index is 8.96. The number of aromatic nitrogens is 5. The zero-order valence-corrected chi connectivity index (χ0v) is 17.4. The highest BCUT2D eigenvalue weighted by molar-refractivity contribution is 6.04. The third-order valence-electron chi connectivity index (χ3n) is 5.86. The molecule has 0 unspecified atom stereocenters. The Balaban J connectivity index is 1.58. The van der Waals surface area contributed by atoms with Crippen molar-refractivity contribution in [2.75, 3.05) is 0 Å². The Morgan fingerprint density at radius 3 is 2.66 bits per heavy atom. The van der Waals surface area contributed by atoms with Crippen LogP contribution in [0.15, 0.2) is 73.2 Å². The van der Waals surface area contributed by atoms with E-state index in [0.717, 1.165) is 61.2 Å². The maximum Gasteiger partial charge on any atom is 0.137 e. The van der Waals surface area contributed by atoms with E-state index in [1.807, 2.05) is 61.9 Å². The Morgan fingerprint density at radius 2 is 1.81 bits per heavy atom. The molecular formula is C26H18N6. The van der Waals surface area contributed by atoms with Gasteiger partial charge in [-0.05, 0) is 54.4 Å². The molecule has 6 heteroatoms. The standard InChI is InChI=1S/C26H18N6/c1-16-31-24-15-29-23-7-4-18(20-12-19-9-11-28-26(19)30-14-20)13-22(23)25(24)32(16)21-5-2-17(3-6-21)8-10-27/h2-7,9,11-15H,8H2,1H3,(H,28,30). The number of nitrogens with one attached hydrogen (secondary N) is 1. The summed E-state index contributed by atoms with van der Waals surface area (Å²) in [6.45, 7) is 2.00. The van der Waals surface area contributed by atoms with Crippen LogP contribution in [-0.4, -0.2) is 24.5 Å². The first-order valence-corrected chi connectivity index (χ1v) is 10.4. The minimum Gasteiger partial charge on any atom is -0.346 e. The minimum absolute atomic E-state index is 0.402. The van der Waals surface area contributed by atoms with Gasteiger partial charge in [0, 0.05) is 34.4 Å². The van der Waals surface area contributed by atoms with E-state index in [1.165, 1.54) is 0 Å². The average Bonchev–Trinajstić information content (AvgIpc) is 3.42. The van der Waals surface area contributed by atoms with Crippen molar-refractivity contribution in [1.29, 1.82) is 5.26 Å². The second kappa shape index (κ2) is 7.03. The normalized spacial score (nSPS) is 11.4. The number of fused-ring (bicyclic) bond motifs is 4. The average molecular weight is 414 g/mol. The predicted molar refractivity (Wildman–Crippen MR) is 126 cm³/mol. The molecule has 0 atom stereocenters. The third kappa shape index (κ3) is 2.83. The van der Waals surface area contributed by atoms with E-state index in [-0.39, 0.29) is 0 Å². The SMILES string of the molecule is Cc1nc2cnc3ccc(-c4cnc5[nH]ccc5c4)cc3c2n1-c1ccc(CC#N)cc1. The van der Waals surface area contributed by atoms with Crippen molar-refractivity contribution in [3.63, 3.8) is 0 Å². The number of nitrogens with zero attached hydrogens (tertiary/aromatic N) is 5. The molecule has 1 N–H and O–H groups in total. The van der Waals surface area contributed by atoms with Gasteiger partial charge in [-0.25, -0.2) is 9.97 Å². The van der Waals surface area contributed by atoms with Crippen molar-refractivity contribution in [2.45, 2.75) is 13.3 Å². The van der Waals surface area contributed by atoms with E-state index in [0.29, 0.717) is 6.42 Å². The Morgan fingerprint density at radius 1 is 0.938 bits per heavy atom. The number of rotatable bonds is 3. The van der Waals surface area contributed by atoms with E-state index in [2.05, 4.69) is 43.8 Å². The van der Waals surface area contributed by atoms with E-state index >= 15 is 0 Å². The highest BCUT2D eigenvalue weighted by atomic mass is 15.1. The van der Waals surface area contributed by atoms with Crippen LogP contribution in [-0.2, 0) is 6.42 Å². The van der Waals surface area contributed by atoms with Gasteiger partial charge in [0.2, 0.25) is 0 Å². The molecule has 0 saturated carbocycles. The fourth-order valence-electron chi connectivity index (χ4n) is 4.32. The second-order valence-electron chi connectivity index (χ2n) is 7.86. The molecule has 0 aliphatic rings. The molecule has 4 aromatic heterocycles. The molecule has 0 spiro atoms. The summed E-state index contributed by atoms with van der Waals surface area (Å²) < 4.78 is 2.16. The van der Waals surface area contributed by atoms with Gasteiger partial charge in [-0.3, -0.25) is 9.55 Å². The predicted octanol–water partition coefficient (Wildman–Crippen LogP) is 5.49. The Bertz CT molecular complexity index is 1660. The molecule has 0 amide bonds. The van der Waals surface area contributed by atoms with E-state index in [4.69, 9.17) is 10.2 Å². The Labute approximate surface area is 183 Å². The van der Waals surface area contributed by atoms with Crippen LogP contribution >= 0.6 is 0 Å².